The molecule has 0 bridgehead atoms. The lowest BCUT2D eigenvalue weighted by Gasteiger charge is -2.32. The Bertz CT molecular complexity index is 201. The molecule has 0 aromatic carbocycles. The van der Waals surface area contributed by atoms with E-state index in [4.69, 9.17) is 5.11 Å². The Morgan fingerprint density at radius 3 is 2.69 bits per heavy atom. The van der Waals surface area contributed by atoms with Crippen LogP contribution in [0.4, 0.5) is 0 Å². The molecule has 2 aliphatic rings. The minimum Gasteiger partial charge on any atom is -0.480 e. The van der Waals surface area contributed by atoms with Gasteiger partial charge in [-0.2, -0.15) is 0 Å². The topological polar surface area (TPSA) is 40.5 Å². The van der Waals surface area contributed by atoms with Crippen molar-refractivity contribution >= 4 is 5.97 Å². The van der Waals surface area contributed by atoms with Crippen LogP contribution in [0, 0.1) is 5.92 Å². The molecule has 1 aliphatic heterocycles. The zero-order chi connectivity index (χ0) is 9.26. The maximum absolute atomic E-state index is 10.9. The Labute approximate surface area is 78.7 Å². The van der Waals surface area contributed by atoms with Crippen molar-refractivity contribution in [2.45, 2.75) is 38.1 Å². The zero-order valence-electron chi connectivity index (χ0n) is 7.91. The van der Waals surface area contributed by atoms with Crippen molar-refractivity contribution in [3.63, 3.8) is 0 Å². The highest BCUT2D eigenvalue weighted by atomic mass is 16.4. The molecule has 0 aromatic rings. The molecule has 3 heteroatoms. The van der Waals surface area contributed by atoms with E-state index in [9.17, 15) is 4.79 Å². The van der Waals surface area contributed by atoms with Gasteiger partial charge < -0.3 is 5.11 Å². The van der Waals surface area contributed by atoms with Gasteiger partial charge in [0.15, 0.2) is 0 Å². The Morgan fingerprint density at radius 1 is 1.31 bits per heavy atom. The van der Waals surface area contributed by atoms with Gasteiger partial charge in [-0.1, -0.05) is 6.42 Å². The molecule has 74 valence electrons. The fourth-order valence-corrected chi connectivity index (χ4v) is 2.12. The molecular formula is C10H17NO2. The summed E-state index contributed by atoms with van der Waals surface area (Å²) in [4.78, 5) is 13.1. The summed E-state index contributed by atoms with van der Waals surface area (Å²) in [6.45, 7) is 2.02. The van der Waals surface area contributed by atoms with E-state index in [1.54, 1.807) is 0 Å². The Balaban J connectivity index is 1.90. The molecule has 1 N–H and O–H groups in total. The average molecular weight is 183 g/mol. The summed E-state index contributed by atoms with van der Waals surface area (Å²) in [7, 11) is 0. The lowest BCUT2D eigenvalue weighted by molar-refractivity contribution is -0.144. The van der Waals surface area contributed by atoms with Crippen LogP contribution in [-0.4, -0.2) is 35.1 Å². The summed E-state index contributed by atoms with van der Waals surface area (Å²) in [5.41, 5.74) is 0. The second-order valence-corrected chi connectivity index (χ2v) is 4.29. The Hall–Kier alpha value is -0.570. The van der Waals surface area contributed by atoms with Crippen LogP contribution in [0.5, 0.6) is 0 Å². The van der Waals surface area contributed by atoms with Crippen molar-refractivity contribution in [3.8, 4) is 0 Å². The first kappa shape index (κ1) is 9.00. The number of carbonyl (C=O) groups is 1. The first-order valence-corrected chi connectivity index (χ1v) is 5.24. The number of rotatable bonds is 3. The molecule has 1 saturated heterocycles. The summed E-state index contributed by atoms with van der Waals surface area (Å²) in [5.74, 6) is 0.181. The maximum Gasteiger partial charge on any atom is 0.320 e. The van der Waals surface area contributed by atoms with Crippen molar-refractivity contribution in [2.24, 2.45) is 5.92 Å². The SMILES string of the molecule is O=C(O)[C@H]1CCCCN1CC1CC1. The molecule has 1 heterocycles. The van der Waals surface area contributed by atoms with Crippen LogP contribution >= 0.6 is 0 Å². The van der Waals surface area contributed by atoms with Gasteiger partial charge in [0.25, 0.3) is 0 Å². The average Bonchev–Trinajstić information content (AvgIpc) is 2.89. The quantitative estimate of drug-likeness (QED) is 0.717. The fourth-order valence-electron chi connectivity index (χ4n) is 2.12. The maximum atomic E-state index is 10.9. The van der Waals surface area contributed by atoms with Gasteiger partial charge in [0.1, 0.15) is 6.04 Å². The number of carboxylic acid groups (broad SMARTS) is 1. The van der Waals surface area contributed by atoms with Crippen molar-refractivity contribution < 1.29 is 9.90 Å². The molecular weight excluding hydrogens is 166 g/mol. The van der Waals surface area contributed by atoms with E-state index in [1.807, 2.05) is 0 Å². The summed E-state index contributed by atoms with van der Waals surface area (Å²) < 4.78 is 0. The molecule has 3 nitrogen and oxygen atoms in total. The van der Waals surface area contributed by atoms with Gasteiger partial charge in [0, 0.05) is 6.54 Å². The number of likely N-dealkylation sites (tertiary alicyclic amines) is 1. The second-order valence-electron chi connectivity index (χ2n) is 4.29. The van der Waals surface area contributed by atoms with E-state index in [-0.39, 0.29) is 6.04 Å². The van der Waals surface area contributed by atoms with Gasteiger partial charge in [0.2, 0.25) is 0 Å². The first-order valence-electron chi connectivity index (χ1n) is 5.24. The number of hydrogen-bond acceptors (Lipinski definition) is 2. The molecule has 0 spiro atoms. The highest BCUT2D eigenvalue weighted by Gasteiger charge is 2.32. The van der Waals surface area contributed by atoms with Crippen LogP contribution in [0.2, 0.25) is 0 Å². The van der Waals surface area contributed by atoms with E-state index in [0.29, 0.717) is 0 Å². The first-order chi connectivity index (χ1) is 6.27. The monoisotopic (exact) mass is 183 g/mol. The Morgan fingerprint density at radius 2 is 2.08 bits per heavy atom. The number of nitrogens with zero attached hydrogens (tertiary/aromatic N) is 1. The molecule has 13 heavy (non-hydrogen) atoms. The highest BCUT2D eigenvalue weighted by molar-refractivity contribution is 5.73. The molecule has 1 saturated carbocycles. The molecule has 0 unspecified atom stereocenters. The minimum atomic E-state index is -0.625. The summed E-state index contributed by atoms with van der Waals surface area (Å²) in [6.07, 6.45) is 5.72. The smallest absolute Gasteiger partial charge is 0.320 e. The number of hydrogen-bond donors (Lipinski definition) is 1. The van der Waals surface area contributed by atoms with Crippen LogP contribution in [0.1, 0.15) is 32.1 Å². The summed E-state index contributed by atoms with van der Waals surface area (Å²) in [5, 5.41) is 9.00. The summed E-state index contributed by atoms with van der Waals surface area (Å²) >= 11 is 0. The van der Waals surface area contributed by atoms with Crippen molar-refractivity contribution in [1.82, 2.24) is 4.90 Å². The van der Waals surface area contributed by atoms with Gasteiger partial charge in [-0.25, -0.2) is 0 Å². The van der Waals surface area contributed by atoms with Crippen LogP contribution < -0.4 is 0 Å². The van der Waals surface area contributed by atoms with Crippen LogP contribution in [0.25, 0.3) is 0 Å². The van der Waals surface area contributed by atoms with Gasteiger partial charge in [0.05, 0.1) is 0 Å². The van der Waals surface area contributed by atoms with Crippen LogP contribution in [0.15, 0.2) is 0 Å². The highest BCUT2D eigenvalue weighted by Crippen LogP contribution is 2.31. The van der Waals surface area contributed by atoms with E-state index < -0.39 is 5.97 Å². The molecule has 1 aliphatic carbocycles. The molecule has 2 fully saturated rings. The molecule has 0 aromatic heterocycles. The predicted molar refractivity (Wildman–Crippen MR) is 49.6 cm³/mol. The molecule has 0 amide bonds. The normalized spacial score (nSPS) is 30.3. The summed E-state index contributed by atoms with van der Waals surface area (Å²) in [6, 6.07) is -0.186. The molecule has 1 atom stereocenters. The molecule has 0 radical (unpaired) electrons. The van der Waals surface area contributed by atoms with Gasteiger partial charge in [-0.15, -0.1) is 0 Å². The number of piperidine rings is 1. The number of aliphatic carboxylic acids is 1. The molecule has 2 rings (SSSR count). The van der Waals surface area contributed by atoms with E-state index >= 15 is 0 Å². The minimum absolute atomic E-state index is 0.186. The standard InChI is InChI=1S/C10H17NO2/c12-10(13)9-3-1-2-6-11(9)7-8-4-5-8/h8-9H,1-7H2,(H,12,13)/t9-/m1/s1. The third kappa shape index (κ3) is 2.21. The largest absolute Gasteiger partial charge is 0.480 e. The van der Waals surface area contributed by atoms with Crippen molar-refractivity contribution in [2.75, 3.05) is 13.1 Å². The van der Waals surface area contributed by atoms with Gasteiger partial charge >= 0.3 is 5.97 Å². The lowest BCUT2D eigenvalue weighted by atomic mass is 10.0. The predicted octanol–water partition coefficient (Wildman–Crippen LogP) is 1.34. The third-order valence-electron chi connectivity index (χ3n) is 3.09. The van der Waals surface area contributed by atoms with Crippen molar-refractivity contribution in [1.29, 1.82) is 0 Å². The van der Waals surface area contributed by atoms with Gasteiger partial charge in [-0.05, 0) is 38.1 Å². The van der Waals surface area contributed by atoms with Crippen LogP contribution in [0.3, 0.4) is 0 Å². The number of carboxylic acids is 1. The van der Waals surface area contributed by atoms with Crippen molar-refractivity contribution in [3.05, 3.63) is 0 Å². The van der Waals surface area contributed by atoms with Crippen LogP contribution in [-0.2, 0) is 4.79 Å². The Kier molecular flexibility index (Phi) is 2.54. The van der Waals surface area contributed by atoms with Gasteiger partial charge in [-0.3, -0.25) is 9.69 Å². The van der Waals surface area contributed by atoms with E-state index in [2.05, 4.69) is 4.90 Å². The second kappa shape index (κ2) is 3.66. The van der Waals surface area contributed by atoms with E-state index in [1.165, 1.54) is 19.3 Å². The fraction of sp³-hybridized carbons (Fsp3) is 0.900. The third-order valence-corrected chi connectivity index (χ3v) is 3.09. The zero-order valence-corrected chi connectivity index (χ0v) is 7.91. The van der Waals surface area contributed by atoms with E-state index in [0.717, 1.165) is 31.8 Å². The lowest BCUT2D eigenvalue weighted by Crippen LogP contribution is -2.45.